The third-order valence-electron chi connectivity index (χ3n) is 7.28. The third-order valence-corrected chi connectivity index (χ3v) is 7.28. The summed E-state index contributed by atoms with van der Waals surface area (Å²) in [6.07, 6.45) is 11.3. The first-order chi connectivity index (χ1) is 19.5. The Bertz CT molecular complexity index is 900. The summed E-state index contributed by atoms with van der Waals surface area (Å²) >= 11 is 0. The summed E-state index contributed by atoms with van der Waals surface area (Å²) in [6, 6.07) is 9.50. The molecular formula is C32H48N2O6. The molecule has 8 heteroatoms. The van der Waals surface area contributed by atoms with Gasteiger partial charge in [0.05, 0.1) is 37.7 Å². The molecule has 0 spiro atoms. The topological polar surface area (TPSA) is 114 Å². The molecule has 3 atom stereocenters. The molecule has 2 rings (SSSR count). The quantitative estimate of drug-likeness (QED) is 0.126. The molecule has 0 bridgehead atoms. The van der Waals surface area contributed by atoms with Crippen LogP contribution in [-0.4, -0.2) is 61.9 Å². The fraction of sp³-hybridized carbons (Fsp3) is 0.594. The van der Waals surface area contributed by atoms with E-state index in [1.165, 1.54) is 19.3 Å². The van der Waals surface area contributed by atoms with E-state index in [4.69, 9.17) is 14.6 Å². The van der Waals surface area contributed by atoms with E-state index in [9.17, 15) is 14.4 Å². The molecule has 3 unspecified atom stereocenters. The number of hydrogen-bond donors (Lipinski definition) is 3. The first-order valence-corrected chi connectivity index (χ1v) is 14.6. The van der Waals surface area contributed by atoms with Crippen molar-refractivity contribution in [3.63, 3.8) is 0 Å². The van der Waals surface area contributed by atoms with E-state index in [0.717, 1.165) is 24.8 Å². The minimum absolute atomic E-state index is 0.0201. The number of esters is 1. The molecule has 0 saturated heterocycles. The fourth-order valence-electron chi connectivity index (χ4n) is 5.19. The van der Waals surface area contributed by atoms with E-state index >= 15 is 0 Å². The Hall–Kier alpha value is -2.97. The van der Waals surface area contributed by atoms with Crippen molar-refractivity contribution in [3.05, 3.63) is 61.2 Å². The van der Waals surface area contributed by atoms with Gasteiger partial charge >= 0.3 is 5.97 Å². The Kier molecular flexibility index (Phi) is 16.6. The molecular weight excluding hydrogens is 508 g/mol. The summed E-state index contributed by atoms with van der Waals surface area (Å²) < 4.78 is 11.0. The highest BCUT2D eigenvalue weighted by atomic mass is 16.5. The van der Waals surface area contributed by atoms with Crippen LogP contribution in [0.4, 0.5) is 0 Å². The zero-order chi connectivity index (χ0) is 29.0. The van der Waals surface area contributed by atoms with Crippen LogP contribution in [0.5, 0.6) is 0 Å². The molecule has 0 aromatic heterocycles. The predicted octanol–water partition coefficient (Wildman–Crippen LogP) is 4.13. The van der Waals surface area contributed by atoms with Gasteiger partial charge in [0.2, 0.25) is 11.8 Å². The maximum absolute atomic E-state index is 13.3. The number of hydrogen-bond acceptors (Lipinski definition) is 6. The molecule has 8 nitrogen and oxygen atoms in total. The van der Waals surface area contributed by atoms with Gasteiger partial charge in [-0.3, -0.25) is 14.4 Å². The molecule has 1 aromatic carbocycles. The molecule has 1 aromatic rings. The number of aliphatic hydroxyl groups excluding tert-OH is 1. The highest BCUT2D eigenvalue weighted by Gasteiger charge is 2.27. The smallest absolute Gasteiger partial charge is 0.309 e. The summed E-state index contributed by atoms with van der Waals surface area (Å²) in [5, 5.41) is 14.6. The van der Waals surface area contributed by atoms with Crippen molar-refractivity contribution in [2.24, 2.45) is 17.8 Å². The van der Waals surface area contributed by atoms with Crippen LogP contribution in [0, 0.1) is 17.8 Å². The lowest BCUT2D eigenvalue weighted by atomic mass is 9.84. The number of carbonyl (C=O) groups excluding carboxylic acids is 3. The van der Waals surface area contributed by atoms with E-state index in [1.54, 1.807) is 12.2 Å². The number of nitrogens with one attached hydrogen (secondary N) is 2. The molecule has 1 saturated carbocycles. The monoisotopic (exact) mass is 556 g/mol. The van der Waals surface area contributed by atoms with Gasteiger partial charge in [0.15, 0.2) is 0 Å². The van der Waals surface area contributed by atoms with Gasteiger partial charge < -0.3 is 25.2 Å². The molecule has 1 aliphatic carbocycles. The molecule has 0 aliphatic heterocycles. The molecule has 0 radical (unpaired) electrons. The second-order valence-electron chi connectivity index (χ2n) is 10.6. The Labute approximate surface area is 239 Å². The number of ether oxygens (including phenoxy) is 2. The van der Waals surface area contributed by atoms with Crippen LogP contribution >= 0.6 is 0 Å². The summed E-state index contributed by atoms with van der Waals surface area (Å²) in [7, 11) is 0. The molecule has 1 aliphatic rings. The third kappa shape index (κ3) is 13.4. The second-order valence-corrected chi connectivity index (χ2v) is 10.6. The van der Waals surface area contributed by atoms with Gasteiger partial charge in [0.1, 0.15) is 6.61 Å². The Morgan fingerprint density at radius 2 is 1.70 bits per heavy atom. The van der Waals surface area contributed by atoms with Crippen molar-refractivity contribution < 1.29 is 29.0 Å². The van der Waals surface area contributed by atoms with E-state index in [-0.39, 0.29) is 62.6 Å². The summed E-state index contributed by atoms with van der Waals surface area (Å²) in [6.45, 7) is 8.39. The van der Waals surface area contributed by atoms with Crippen LogP contribution in [0.1, 0.15) is 63.4 Å². The first kappa shape index (κ1) is 33.2. The molecule has 40 heavy (non-hydrogen) atoms. The summed E-state index contributed by atoms with van der Waals surface area (Å²) in [4.78, 5) is 38.9. The fourth-order valence-corrected chi connectivity index (χ4v) is 5.19. The number of aliphatic hydroxyl groups is 1. The van der Waals surface area contributed by atoms with E-state index in [2.05, 4.69) is 23.8 Å². The lowest BCUT2D eigenvalue weighted by Gasteiger charge is -2.28. The van der Waals surface area contributed by atoms with Gasteiger partial charge in [-0.15, -0.1) is 13.2 Å². The average molecular weight is 557 g/mol. The molecule has 222 valence electrons. The highest BCUT2D eigenvalue weighted by Crippen LogP contribution is 2.28. The zero-order valence-electron chi connectivity index (χ0n) is 23.9. The minimum atomic E-state index is -0.577. The SMILES string of the molecule is C=CCC(CC(=O)NCCOCCO)C(=O)NC(COC(=O)C(CC=C)Cc1ccccc1)CC1CCCCC1. The van der Waals surface area contributed by atoms with Gasteiger partial charge in [-0.25, -0.2) is 0 Å². The van der Waals surface area contributed by atoms with Crippen LogP contribution < -0.4 is 10.6 Å². The van der Waals surface area contributed by atoms with Gasteiger partial charge in [-0.1, -0.05) is 74.6 Å². The Morgan fingerprint density at radius 3 is 2.38 bits per heavy atom. The molecule has 2 amide bonds. The van der Waals surface area contributed by atoms with Crippen molar-refractivity contribution in [1.29, 1.82) is 0 Å². The van der Waals surface area contributed by atoms with E-state index < -0.39 is 5.92 Å². The Balaban J connectivity index is 2.00. The van der Waals surface area contributed by atoms with Crippen LogP contribution in [0.15, 0.2) is 55.6 Å². The molecule has 1 fully saturated rings. The van der Waals surface area contributed by atoms with Crippen LogP contribution in [0.25, 0.3) is 0 Å². The number of carbonyl (C=O) groups is 3. The number of allylic oxidation sites excluding steroid dienone is 2. The normalized spacial score (nSPS) is 15.8. The summed E-state index contributed by atoms with van der Waals surface area (Å²) in [5.41, 5.74) is 1.06. The van der Waals surface area contributed by atoms with Gasteiger partial charge in [-0.05, 0) is 37.2 Å². The second kappa shape index (κ2) is 20.0. The standard InChI is InChI=1S/C32H48N2O6/c1-3-11-27(23-30(36)33-17-19-39-20-18-35)31(37)34-29(22-26-15-9-6-10-16-26)24-40-32(38)28(12-4-2)21-25-13-7-5-8-14-25/h3-5,7-8,13-14,26-29,35H,1-2,6,9-12,15-24H2,(H,33,36)(H,34,37). The van der Waals surface area contributed by atoms with Crippen LogP contribution in [0.3, 0.4) is 0 Å². The van der Waals surface area contributed by atoms with Gasteiger partial charge in [-0.2, -0.15) is 0 Å². The lowest BCUT2D eigenvalue weighted by Crippen LogP contribution is -2.44. The number of amides is 2. The minimum Gasteiger partial charge on any atom is -0.463 e. The van der Waals surface area contributed by atoms with Gasteiger partial charge in [0.25, 0.3) is 0 Å². The van der Waals surface area contributed by atoms with Crippen molar-refractivity contribution in [2.75, 3.05) is 33.0 Å². The lowest BCUT2D eigenvalue weighted by molar-refractivity contribution is -0.150. The largest absolute Gasteiger partial charge is 0.463 e. The highest BCUT2D eigenvalue weighted by molar-refractivity contribution is 5.86. The van der Waals surface area contributed by atoms with Crippen LogP contribution in [-0.2, 0) is 30.3 Å². The van der Waals surface area contributed by atoms with Gasteiger partial charge in [0, 0.05) is 13.0 Å². The zero-order valence-corrected chi connectivity index (χ0v) is 23.9. The Morgan fingerprint density at radius 1 is 1.00 bits per heavy atom. The van der Waals surface area contributed by atoms with E-state index in [1.807, 2.05) is 30.3 Å². The van der Waals surface area contributed by atoms with Crippen molar-refractivity contribution in [3.8, 4) is 0 Å². The first-order valence-electron chi connectivity index (χ1n) is 14.6. The maximum Gasteiger partial charge on any atom is 0.309 e. The van der Waals surface area contributed by atoms with E-state index in [0.29, 0.717) is 31.7 Å². The van der Waals surface area contributed by atoms with Crippen LogP contribution in [0.2, 0.25) is 0 Å². The van der Waals surface area contributed by atoms with Crippen molar-refractivity contribution in [2.45, 2.75) is 70.3 Å². The number of rotatable bonds is 20. The maximum atomic E-state index is 13.3. The molecule has 0 heterocycles. The average Bonchev–Trinajstić information content (AvgIpc) is 2.96. The predicted molar refractivity (Wildman–Crippen MR) is 156 cm³/mol. The number of benzene rings is 1. The van der Waals surface area contributed by atoms with Crippen molar-refractivity contribution in [1.82, 2.24) is 10.6 Å². The van der Waals surface area contributed by atoms with Crippen molar-refractivity contribution >= 4 is 17.8 Å². The molecule has 3 N–H and O–H groups in total. The summed E-state index contributed by atoms with van der Waals surface area (Å²) in [5.74, 6) is -1.24.